The molecule has 0 aliphatic carbocycles. The average molecular weight is 317 g/mol. The van der Waals surface area contributed by atoms with Crippen LogP contribution in [0.15, 0.2) is 46.9 Å². The first-order valence-corrected chi connectivity index (χ1v) is 7.38. The van der Waals surface area contributed by atoms with E-state index in [0.717, 1.165) is 16.6 Å². The number of para-hydroxylation sites is 1. The molecule has 2 aromatic rings. The van der Waals surface area contributed by atoms with Crippen molar-refractivity contribution in [3.8, 4) is 0 Å². The van der Waals surface area contributed by atoms with Crippen molar-refractivity contribution in [3.05, 3.63) is 52.5 Å². The van der Waals surface area contributed by atoms with Crippen molar-refractivity contribution in [1.29, 1.82) is 0 Å². The van der Waals surface area contributed by atoms with E-state index in [9.17, 15) is 0 Å². The molecule has 3 rings (SSSR count). The lowest BCUT2D eigenvalue weighted by atomic mass is 9.96. The SMILES string of the molecule is CC1CCc2ccccc2N1c1ccc(N)cc1Br. The molecule has 0 aromatic heterocycles. The summed E-state index contributed by atoms with van der Waals surface area (Å²) in [5.74, 6) is 0. The zero-order valence-corrected chi connectivity index (χ0v) is 12.5. The first kappa shape index (κ1) is 12.5. The largest absolute Gasteiger partial charge is 0.399 e. The van der Waals surface area contributed by atoms with E-state index in [1.807, 2.05) is 12.1 Å². The van der Waals surface area contributed by atoms with E-state index in [-0.39, 0.29) is 0 Å². The second kappa shape index (κ2) is 4.89. The lowest BCUT2D eigenvalue weighted by molar-refractivity contribution is 0.617. The Balaban J connectivity index is 2.13. The molecule has 0 saturated heterocycles. The molecule has 2 nitrogen and oxygen atoms in total. The Morgan fingerprint density at radius 2 is 1.95 bits per heavy atom. The van der Waals surface area contributed by atoms with Gasteiger partial charge in [0.2, 0.25) is 0 Å². The number of nitrogen functional groups attached to an aromatic ring is 1. The molecule has 0 radical (unpaired) electrons. The van der Waals surface area contributed by atoms with Crippen molar-refractivity contribution in [2.24, 2.45) is 0 Å². The van der Waals surface area contributed by atoms with E-state index >= 15 is 0 Å². The maximum absolute atomic E-state index is 5.84. The van der Waals surface area contributed by atoms with Crippen molar-refractivity contribution < 1.29 is 0 Å². The van der Waals surface area contributed by atoms with Gasteiger partial charge in [-0.2, -0.15) is 0 Å². The topological polar surface area (TPSA) is 29.3 Å². The van der Waals surface area contributed by atoms with E-state index in [2.05, 4.69) is 58.1 Å². The highest BCUT2D eigenvalue weighted by molar-refractivity contribution is 9.10. The number of halogens is 1. The lowest BCUT2D eigenvalue weighted by Crippen LogP contribution is -2.33. The molecule has 98 valence electrons. The predicted molar refractivity (Wildman–Crippen MR) is 84.9 cm³/mol. The minimum Gasteiger partial charge on any atom is -0.399 e. The monoisotopic (exact) mass is 316 g/mol. The molecule has 0 amide bonds. The highest BCUT2D eigenvalue weighted by Crippen LogP contribution is 2.40. The van der Waals surface area contributed by atoms with Crippen molar-refractivity contribution >= 4 is 33.0 Å². The van der Waals surface area contributed by atoms with Gasteiger partial charge in [-0.25, -0.2) is 0 Å². The zero-order valence-electron chi connectivity index (χ0n) is 10.9. The summed E-state index contributed by atoms with van der Waals surface area (Å²) in [7, 11) is 0. The van der Waals surface area contributed by atoms with Crippen LogP contribution in [0.25, 0.3) is 0 Å². The van der Waals surface area contributed by atoms with Gasteiger partial charge in [-0.15, -0.1) is 0 Å². The predicted octanol–water partition coefficient (Wildman–Crippen LogP) is 4.50. The Bertz CT molecular complexity index is 609. The smallest absolute Gasteiger partial charge is 0.0559 e. The van der Waals surface area contributed by atoms with Crippen molar-refractivity contribution in [2.45, 2.75) is 25.8 Å². The van der Waals surface area contributed by atoms with Gasteiger partial charge < -0.3 is 10.6 Å². The summed E-state index contributed by atoms with van der Waals surface area (Å²) in [6.07, 6.45) is 2.33. The molecule has 0 spiro atoms. The van der Waals surface area contributed by atoms with Crippen LogP contribution in [0.1, 0.15) is 18.9 Å². The maximum Gasteiger partial charge on any atom is 0.0559 e. The second-order valence-electron chi connectivity index (χ2n) is 5.10. The molecule has 1 aliphatic heterocycles. The number of hydrogen-bond acceptors (Lipinski definition) is 2. The molecule has 0 fully saturated rings. The number of aryl methyl sites for hydroxylation is 1. The Hall–Kier alpha value is -1.48. The van der Waals surface area contributed by atoms with Crippen LogP contribution >= 0.6 is 15.9 Å². The fourth-order valence-electron chi connectivity index (χ4n) is 2.77. The Morgan fingerprint density at radius 3 is 2.74 bits per heavy atom. The third-order valence-electron chi connectivity index (χ3n) is 3.75. The zero-order chi connectivity index (χ0) is 13.4. The maximum atomic E-state index is 5.84. The number of nitrogens with two attached hydrogens (primary N) is 1. The third kappa shape index (κ3) is 2.23. The van der Waals surface area contributed by atoms with Gasteiger partial charge in [-0.05, 0) is 65.5 Å². The van der Waals surface area contributed by atoms with Gasteiger partial charge in [0.05, 0.1) is 5.69 Å². The Morgan fingerprint density at radius 1 is 1.16 bits per heavy atom. The highest BCUT2D eigenvalue weighted by Gasteiger charge is 2.25. The quantitative estimate of drug-likeness (QED) is 0.785. The van der Waals surface area contributed by atoms with Crippen LogP contribution in [0.5, 0.6) is 0 Å². The van der Waals surface area contributed by atoms with E-state index in [4.69, 9.17) is 5.73 Å². The number of fused-ring (bicyclic) bond motifs is 1. The van der Waals surface area contributed by atoms with Crippen LogP contribution in [0.2, 0.25) is 0 Å². The number of nitrogens with zero attached hydrogens (tertiary/aromatic N) is 1. The molecule has 0 saturated carbocycles. The molecule has 2 aromatic carbocycles. The summed E-state index contributed by atoms with van der Waals surface area (Å²) in [6, 6.07) is 15.2. The van der Waals surface area contributed by atoms with Gasteiger partial charge >= 0.3 is 0 Å². The minimum absolute atomic E-state index is 0.495. The van der Waals surface area contributed by atoms with Crippen molar-refractivity contribution in [2.75, 3.05) is 10.6 Å². The fourth-order valence-corrected chi connectivity index (χ4v) is 3.36. The van der Waals surface area contributed by atoms with Gasteiger partial charge in [-0.1, -0.05) is 18.2 Å². The summed E-state index contributed by atoms with van der Waals surface area (Å²) < 4.78 is 1.05. The number of anilines is 3. The van der Waals surface area contributed by atoms with Crippen LogP contribution in [0, 0.1) is 0 Å². The van der Waals surface area contributed by atoms with Gasteiger partial charge in [0.25, 0.3) is 0 Å². The molecular weight excluding hydrogens is 300 g/mol. The van der Waals surface area contributed by atoms with E-state index in [0.29, 0.717) is 6.04 Å². The third-order valence-corrected chi connectivity index (χ3v) is 4.39. The van der Waals surface area contributed by atoms with Gasteiger partial charge in [0.1, 0.15) is 0 Å². The molecule has 1 aliphatic rings. The normalized spacial score (nSPS) is 18.2. The Kier molecular flexibility index (Phi) is 3.23. The average Bonchev–Trinajstić information content (AvgIpc) is 2.40. The van der Waals surface area contributed by atoms with Gasteiger partial charge in [-0.3, -0.25) is 0 Å². The molecule has 0 bridgehead atoms. The summed E-state index contributed by atoms with van der Waals surface area (Å²) >= 11 is 3.64. The van der Waals surface area contributed by atoms with Crippen LogP contribution in [-0.4, -0.2) is 6.04 Å². The van der Waals surface area contributed by atoms with Crippen molar-refractivity contribution in [1.82, 2.24) is 0 Å². The second-order valence-corrected chi connectivity index (χ2v) is 5.95. The summed E-state index contributed by atoms with van der Waals surface area (Å²) in [5.41, 5.74) is 10.5. The molecule has 1 heterocycles. The van der Waals surface area contributed by atoms with Gasteiger partial charge in [0, 0.05) is 21.9 Å². The standard InChI is InChI=1S/C16H17BrN2/c1-11-6-7-12-4-2-3-5-15(12)19(11)16-9-8-13(18)10-14(16)17/h2-5,8-11H,6-7,18H2,1H3. The number of benzene rings is 2. The van der Waals surface area contributed by atoms with E-state index in [1.165, 1.54) is 23.4 Å². The van der Waals surface area contributed by atoms with E-state index < -0.39 is 0 Å². The summed E-state index contributed by atoms with van der Waals surface area (Å²) in [5, 5.41) is 0. The summed E-state index contributed by atoms with van der Waals surface area (Å²) in [6.45, 7) is 2.28. The lowest BCUT2D eigenvalue weighted by Gasteiger charge is -2.37. The number of rotatable bonds is 1. The van der Waals surface area contributed by atoms with Crippen molar-refractivity contribution in [3.63, 3.8) is 0 Å². The van der Waals surface area contributed by atoms with Crippen LogP contribution in [0.3, 0.4) is 0 Å². The molecule has 2 N–H and O–H groups in total. The first-order valence-electron chi connectivity index (χ1n) is 6.59. The molecule has 3 heteroatoms. The number of hydrogen-bond donors (Lipinski definition) is 1. The fraction of sp³-hybridized carbons (Fsp3) is 0.250. The van der Waals surface area contributed by atoms with Crippen LogP contribution < -0.4 is 10.6 Å². The molecule has 1 unspecified atom stereocenters. The molecule has 1 atom stereocenters. The van der Waals surface area contributed by atoms with Crippen LogP contribution in [-0.2, 0) is 6.42 Å². The first-order chi connectivity index (χ1) is 9.16. The molecule has 19 heavy (non-hydrogen) atoms. The Labute approximate surface area is 122 Å². The minimum atomic E-state index is 0.495. The van der Waals surface area contributed by atoms with E-state index in [1.54, 1.807) is 0 Å². The van der Waals surface area contributed by atoms with Gasteiger partial charge in [0.15, 0.2) is 0 Å². The van der Waals surface area contributed by atoms with Crippen LogP contribution in [0.4, 0.5) is 17.1 Å². The summed E-state index contributed by atoms with van der Waals surface area (Å²) in [4.78, 5) is 2.41. The molecular formula is C16H17BrN2. The highest BCUT2D eigenvalue weighted by atomic mass is 79.9.